The molecule has 3 rings (SSSR count). The van der Waals surface area contributed by atoms with Crippen LogP contribution in [0, 0.1) is 0 Å². The molecule has 0 unspecified atom stereocenters. The van der Waals surface area contributed by atoms with Gasteiger partial charge < -0.3 is 9.47 Å². The van der Waals surface area contributed by atoms with Gasteiger partial charge in [0.25, 0.3) is 5.91 Å². The number of hydrogen-bond acceptors (Lipinski definition) is 5. The number of hydrogen-bond donors (Lipinski definition) is 0. The van der Waals surface area contributed by atoms with Crippen LogP contribution >= 0.6 is 11.8 Å². The monoisotopic (exact) mass is 410 g/mol. The maximum absolute atomic E-state index is 13.0. The molecule has 0 aromatic heterocycles. The molecule has 1 aliphatic heterocycles. The highest BCUT2D eigenvalue weighted by Gasteiger charge is 2.35. The van der Waals surface area contributed by atoms with Crippen LogP contribution in [0.3, 0.4) is 0 Å². The Balaban J connectivity index is 1.93. The Morgan fingerprint density at radius 3 is 2.38 bits per heavy atom. The minimum atomic E-state index is -0.0406. The first-order chi connectivity index (χ1) is 13.9. The van der Waals surface area contributed by atoms with Gasteiger partial charge >= 0.3 is 0 Å². The Morgan fingerprint density at radius 2 is 1.76 bits per heavy atom. The second-order valence-corrected chi connectivity index (χ2v) is 8.20. The van der Waals surface area contributed by atoms with Gasteiger partial charge in [-0.05, 0) is 75.4 Å². The quantitative estimate of drug-likeness (QED) is 0.591. The van der Waals surface area contributed by atoms with Crippen molar-refractivity contribution in [1.29, 1.82) is 0 Å². The minimum absolute atomic E-state index is 0.0136. The molecule has 0 bridgehead atoms. The van der Waals surface area contributed by atoms with Crippen LogP contribution < -0.4 is 9.47 Å². The van der Waals surface area contributed by atoms with Crippen molar-refractivity contribution < 1.29 is 14.3 Å². The summed E-state index contributed by atoms with van der Waals surface area (Å²) in [6.07, 6.45) is 1.92. The Morgan fingerprint density at radius 1 is 1.03 bits per heavy atom. The van der Waals surface area contributed by atoms with E-state index in [0.29, 0.717) is 21.6 Å². The van der Waals surface area contributed by atoms with Gasteiger partial charge in [0.2, 0.25) is 0 Å². The molecular weight excluding hydrogens is 384 g/mol. The number of aliphatic imine (C=N–C) groups is 1. The topological polar surface area (TPSA) is 51.1 Å². The third kappa shape index (κ3) is 5.01. The number of carbonyl (C=O) groups excluding carboxylic acids is 1. The summed E-state index contributed by atoms with van der Waals surface area (Å²) in [6, 6.07) is 15.4. The normalized spacial score (nSPS) is 17.1. The van der Waals surface area contributed by atoms with Crippen LogP contribution in [0.15, 0.2) is 58.4 Å². The second kappa shape index (κ2) is 9.18. The third-order valence-corrected chi connectivity index (χ3v) is 5.17. The molecular formula is C23H26N2O3S. The molecule has 1 heterocycles. The number of thioether (sulfide) groups is 1. The molecule has 2 aromatic rings. The van der Waals surface area contributed by atoms with Gasteiger partial charge in [-0.2, -0.15) is 0 Å². The summed E-state index contributed by atoms with van der Waals surface area (Å²) >= 11 is 1.39. The fourth-order valence-electron chi connectivity index (χ4n) is 2.91. The zero-order valence-electron chi connectivity index (χ0n) is 17.4. The molecule has 1 aliphatic rings. The summed E-state index contributed by atoms with van der Waals surface area (Å²) in [5.41, 5.74) is 1.70. The van der Waals surface area contributed by atoms with Gasteiger partial charge in [0, 0.05) is 6.04 Å². The van der Waals surface area contributed by atoms with E-state index in [1.165, 1.54) is 11.8 Å². The molecule has 29 heavy (non-hydrogen) atoms. The number of benzene rings is 2. The molecule has 152 valence electrons. The smallest absolute Gasteiger partial charge is 0.266 e. The molecule has 0 radical (unpaired) electrons. The number of nitrogens with zero attached hydrogens (tertiary/aromatic N) is 2. The highest BCUT2D eigenvalue weighted by atomic mass is 32.2. The second-order valence-electron chi connectivity index (χ2n) is 7.19. The van der Waals surface area contributed by atoms with Gasteiger partial charge in [-0.15, -0.1) is 0 Å². The molecule has 1 fully saturated rings. The number of ether oxygens (including phenoxy) is 2. The average Bonchev–Trinajstić information content (AvgIpc) is 2.98. The van der Waals surface area contributed by atoms with Gasteiger partial charge in [-0.3, -0.25) is 9.69 Å². The molecule has 0 aliphatic carbocycles. The summed E-state index contributed by atoms with van der Waals surface area (Å²) in [5, 5.41) is 0.689. The van der Waals surface area contributed by atoms with Crippen molar-refractivity contribution in [2.24, 2.45) is 4.99 Å². The number of amides is 1. The van der Waals surface area contributed by atoms with E-state index in [9.17, 15) is 4.79 Å². The average molecular weight is 411 g/mol. The lowest BCUT2D eigenvalue weighted by molar-refractivity contribution is -0.123. The molecule has 5 nitrogen and oxygen atoms in total. The third-order valence-electron chi connectivity index (χ3n) is 4.18. The first kappa shape index (κ1) is 21.0. The first-order valence-electron chi connectivity index (χ1n) is 9.60. The molecule has 1 saturated heterocycles. The van der Waals surface area contributed by atoms with E-state index in [1.54, 1.807) is 12.0 Å². The van der Waals surface area contributed by atoms with E-state index < -0.39 is 0 Å². The highest BCUT2D eigenvalue weighted by Crippen LogP contribution is 2.37. The Hall–Kier alpha value is -2.73. The highest BCUT2D eigenvalue weighted by molar-refractivity contribution is 8.18. The van der Waals surface area contributed by atoms with Crippen LogP contribution in [0.5, 0.6) is 11.5 Å². The van der Waals surface area contributed by atoms with Crippen LogP contribution in [0.1, 0.15) is 33.3 Å². The summed E-state index contributed by atoms with van der Waals surface area (Å²) in [5.74, 6) is 1.29. The van der Waals surface area contributed by atoms with Crippen LogP contribution in [0.2, 0.25) is 0 Å². The van der Waals surface area contributed by atoms with Crippen molar-refractivity contribution >= 4 is 34.6 Å². The molecule has 6 heteroatoms. The van der Waals surface area contributed by atoms with Gasteiger partial charge in [0.15, 0.2) is 16.7 Å². The lowest BCUT2D eigenvalue weighted by atomic mass is 10.1. The predicted molar refractivity (Wildman–Crippen MR) is 120 cm³/mol. The van der Waals surface area contributed by atoms with Crippen molar-refractivity contribution in [3.05, 3.63) is 59.0 Å². The van der Waals surface area contributed by atoms with Crippen LogP contribution in [-0.2, 0) is 4.79 Å². The van der Waals surface area contributed by atoms with Crippen molar-refractivity contribution in [3.8, 4) is 11.5 Å². The fourth-order valence-corrected chi connectivity index (χ4v) is 4.03. The number of para-hydroxylation sites is 1. The van der Waals surface area contributed by atoms with Crippen molar-refractivity contribution in [1.82, 2.24) is 4.90 Å². The molecule has 1 amide bonds. The maximum atomic E-state index is 13.0. The lowest BCUT2D eigenvalue weighted by Gasteiger charge is -2.19. The molecule has 0 saturated carbocycles. The number of carbonyl (C=O) groups is 1. The van der Waals surface area contributed by atoms with Gasteiger partial charge in [-0.1, -0.05) is 24.3 Å². The van der Waals surface area contributed by atoms with Gasteiger partial charge in [-0.25, -0.2) is 4.99 Å². The van der Waals surface area contributed by atoms with Crippen LogP contribution in [-0.4, -0.2) is 35.2 Å². The van der Waals surface area contributed by atoms with E-state index >= 15 is 0 Å². The predicted octanol–water partition coefficient (Wildman–Crippen LogP) is 5.49. The number of methoxy groups -OCH3 is 1. The summed E-state index contributed by atoms with van der Waals surface area (Å²) in [4.78, 5) is 20.1. The molecule has 0 spiro atoms. The van der Waals surface area contributed by atoms with E-state index in [0.717, 1.165) is 11.3 Å². The van der Waals surface area contributed by atoms with E-state index in [1.807, 2.05) is 82.3 Å². The largest absolute Gasteiger partial charge is 0.493 e. The minimum Gasteiger partial charge on any atom is -0.493 e. The van der Waals surface area contributed by atoms with E-state index in [4.69, 9.17) is 9.47 Å². The number of amidine groups is 1. The Bertz CT molecular complexity index is 936. The Kier molecular flexibility index (Phi) is 6.64. The van der Waals surface area contributed by atoms with Crippen molar-refractivity contribution in [2.45, 2.75) is 39.8 Å². The molecule has 2 aromatic carbocycles. The Labute approximate surface area is 176 Å². The summed E-state index contributed by atoms with van der Waals surface area (Å²) in [7, 11) is 1.61. The van der Waals surface area contributed by atoms with Crippen LogP contribution in [0.25, 0.3) is 6.08 Å². The van der Waals surface area contributed by atoms with E-state index in [-0.39, 0.29) is 18.1 Å². The zero-order chi connectivity index (χ0) is 21.0. The van der Waals surface area contributed by atoms with Gasteiger partial charge in [0.1, 0.15) is 0 Å². The first-order valence-corrected chi connectivity index (χ1v) is 10.4. The summed E-state index contributed by atoms with van der Waals surface area (Å²) < 4.78 is 11.2. The summed E-state index contributed by atoms with van der Waals surface area (Å²) in [6.45, 7) is 7.92. The van der Waals surface area contributed by atoms with Crippen LogP contribution in [0.4, 0.5) is 5.69 Å². The van der Waals surface area contributed by atoms with Gasteiger partial charge in [0.05, 0.1) is 23.8 Å². The molecule has 0 atom stereocenters. The standard InChI is InChI=1S/C23H26N2O3S/c1-15(2)25-22(26)21(29-23(25)24-18-9-7-6-8-10-18)14-17-11-12-19(28-16(3)4)20(13-17)27-5/h6-16H,1-5H3/b21-14+,24-23?. The SMILES string of the molecule is COc1cc(/C=C2/SC(=Nc3ccccc3)N(C(C)C)C2=O)ccc1OC(C)C. The van der Waals surface area contributed by atoms with Crippen molar-refractivity contribution in [3.63, 3.8) is 0 Å². The maximum Gasteiger partial charge on any atom is 0.266 e. The zero-order valence-corrected chi connectivity index (χ0v) is 18.2. The van der Waals surface area contributed by atoms with Crippen molar-refractivity contribution in [2.75, 3.05) is 7.11 Å². The fraction of sp³-hybridized carbons (Fsp3) is 0.304. The van der Waals surface area contributed by atoms with E-state index in [2.05, 4.69) is 4.99 Å². The molecule has 0 N–H and O–H groups in total. The lowest BCUT2D eigenvalue weighted by Crippen LogP contribution is -2.35. The number of rotatable bonds is 6.